The van der Waals surface area contributed by atoms with E-state index in [0.717, 1.165) is 12.1 Å². The van der Waals surface area contributed by atoms with E-state index in [4.69, 9.17) is 0 Å². The molecule has 1 aromatic heterocycles. The largest absolute Gasteiger partial charge is 0.310 e. The number of hydrogen-bond donors (Lipinski definition) is 0. The average Bonchev–Trinajstić information content (AvgIpc) is 4.01. The topological polar surface area (TPSA) is 3.24 Å². The third-order valence-electron chi connectivity index (χ3n) is 14.4. The highest BCUT2D eigenvalue weighted by Crippen LogP contribution is 2.61. The summed E-state index contributed by atoms with van der Waals surface area (Å²) in [5, 5.41) is 2.59. The first-order chi connectivity index (χ1) is 31.8. The van der Waals surface area contributed by atoms with Crippen LogP contribution in [0.1, 0.15) is 45.4 Å². The average molecular weight is 834 g/mol. The number of allylic oxidation sites excluding steroid dienone is 3. The molecule has 13 rings (SSSR count). The molecule has 0 fully saturated rings. The molecule has 1 atom stereocenters. The quantitative estimate of drug-likeness (QED) is 0.155. The van der Waals surface area contributed by atoms with Crippen molar-refractivity contribution in [3.8, 4) is 22.3 Å². The summed E-state index contributed by atoms with van der Waals surface area (Å²) < 4.78 is 2.61. The lowest BCUT2D eigenvalue weighted by atomic mass is 9.62. The van der Waals surface area contributed by atoms with E-state index in [9.17, 15) is 0 Å². The Morgan fingerprint density at radius 2 is 0.969 bits per heavy atom. The number of rotatable bonds is 7. The third-order valence-corrected chi connectivity index (χ3v) is 15.6. The molecule has 0 bridgehead atoms. The summed E-state index contributed by atoms with van der Waals surface area (Å²) >= 11 is 1.87. The van der Waals surface area contributed by atoms with E-state index < -0.39 is 5.41 Å². The summed E-state index contributed by atoms with van der Waals surface area (Å²) in [5.41, 5.74) is 17.1. The van der Waals surface area contributed by atoms with E-state index in [2.05, 4.69) is 248 Å². The van der Waals surface area contributed by atoms with Gasteiger partial charge in [-0.05, 0) is 104 Å². The van der Waals surface area contributed by atoms with E-state index in [1.165, 1.54) is 92.8 Å². The van der Waals surface area contributed by atoms with E-state index in [-0.39, 0.29) is 11.3 Å². The molecule has 64 heavy (non-hydrogen) atoms. The van der Waals surface area contributed by atoms with Crippen LogP contribution in [0.3, 0.4) is 0 Å². The molecule has 0 aliphatic heterocycles. The van der Waals surface area contributed by atoms with Gasteiger partial charge in [-0.1, -0.05) is 206 Å². The van der Waals surface area contributed by atoms with Gasteiger partial charge < -0.3 is 4.90 Å². The molecule has 1 nitrogen and oxygen atoms in total. The maximum absolute atomic E-state index is 2.58. The Balaban J connectivity index is 1.06. The monoisotopic (exact) mass is 833 g/mol. The molecule has 10 aromatic rings. The normalized spacial score (nSPS) is 16.2. The summed E-state index contributed by atoms with van der Waals surface area (Å²) in [5.74, 6) is 0.173. The Kier molecular flexibility index (Phi) is 8.41. The molecular formula is C62H43NS. The molecule has 0 spiro atoms. The lowest BCUT2D eigenvalue weighted by Gasteiger charge is -2.41. The predicted molar refractivity (Wildman–Crippen MR) is 269 cm³/mol. The van der Waals surface area contributed by atoms with Gasteiger partial charge in [0.15, 0.2) is 0 Å². The summed E-state index contributed by atoms with van der Waals surface area (Å²) in [6.45, 7) is 0. The van der Waals surface area contributed by atoms with Crippen LogP contribution in [0.5, 0.6) is 0 Å². The van der Waals surface area contributed by atoms with Crippen LogP contribution in [0.4, 0.5) is 11.4 Å². The zero-order chi connectivity index (χ0) is 42.2. The highest BCUT2D eigenvalue weighted by molar-refractivity contribution is 7.25. The lowest BCUT2D eigenvalue weighted by Crippen LogP contribution is -2.36. The Bertz CT molecular complexity index is 3400. The third kappa shape index (κ3) is 5.18. The van der Waals surface area contributed by atoms with Gasteiger partial charge >= 0.3 is 0 Å². The van der Waals surface area contributed by atoms with E-state index in [1.807, 2.05) is 11.3 Å². The Hall–Kier alpha value is -7.52. The Morgan fingerprint density at radius 1 is 0.438 bits per heavy atom. The van der Waals surface area contributed by atoms with Crippen molar-refractivity contribution < 1.29 is 0 Å². The van der Waals surface area contributed by atoms with Crippen molar-refractivity contribution in [1.82, 2.24) is 0 Å². The number of nitrogens with zero attached hydrogens (tertiary/aromatic N) is 1. The van der Waals surface area contributed by atoms with E-state index >= 15 is 0 Å². The lowest BCUT2D eigenvalue weighted by molar-refractivity contribution is 0.456. The van der Waals surface area contributed by atoms with Crippen LogP contribution >= 0.6 is 11.3 Å². The molecule has 0 amide bonds. The first kappa shape index (κ1) is 37.1. The summed E-state index contributed by atoms with van der Waals surface area (Å²) in [6.07, 6.45) is 8.36. The Labute approximate surface area is 378 Å². The molecule has 0 saturated carbocycles. The molecule has 0 N–H and O–H groups in total. The van der Waals surface area contributed by atoms with Crippen molar-refractivity contribution in [3.63, 3.8) is 0 Å². The first-order valence-electron chi connectivity index (χ1n) is 22.5. The van der Waals surface area contributed by atoms with Crippen molar-refractivity contribution in [2.75, 3.05) is 4.90 Å². The van der Waals surface area contributed by atoms with Crippen molar-refractivity contribution in [2.24, 2.45) is 5.92 Å². The smallest absolute Gasteiger partial charge is 0.0734 e. The van der Waals surface area contributed by atoms with Crippen molar-refractivity contribution in [2.45, 2.75) is 17.3 Å². The second kappa shape index (κ2) is 14.5. The van der Waals surface area contributed by atoms with Crippen LogP contribution in [0, 0.1) is 5.92 Å². The predicted octanol–water partition coefficient (Wildman–Crippen LogP) is 16.0. The van der Waals surface area contributed by atoms with Gasteiger partial charge in [0.1, 0.15) is 0 Å². The molecule has 302 valence electrons. The van der Waals surface area contributed by atoms with Crippen LogP contribution in [0.25, 0.3) is 42.4 Å². The van der Waals surface area contributed by atoms with Gasteiger partial charge in [-0.15, -0.1) is 11.3 Å². The number of thiophene rings is 1. The zero-order valence-corrected chi connectivity index (χ0v) is 36.1. The van der Waals surface area contributed by atoms with Crippen molar-refractivity contribution >= 4 is 42.9 Å². The van der Waals surface area contributed by atoms with Gasteiger partial charge in [-0.3, -0.25) is 0 Å². The maximum atomic E-state index is 2.58. The molecule has 1 unspecified atom stereocenters. The second-order valence-corrected chi connectivity index (χ2v) is 18.5. The molecular weight excluding hydrogens is 791 g/mol. The number of benzene rings is 9. The van der Waals surface area contributed by atoms with E-state index in [0.29, 0.717) is 0 Å². The van der Waals surface area contributed by atoms with Gasteiger partial charge in [0.2, 0.25) is 0 Å². The molecule has 0 saturated heterocycles. The van der Waals surface area contributed by atoms with Crippen LogP contribution in [-0.2, 0) is 10.8 Å². The van der Waals surface area contributed by atoms with Gasteiger partial charge in [0.05, 0.1) is 16.5 Å². The number of anilines is 2. The minimum absolute atomic E-state index is 0.173. The van der Waals surface area contributed by atoms with Crippen LogP contribution < -0.4 is 4.90 Å². The molecule has 1 heterocycles. The summed E-state index contributed by atoms with van der Waals surface area (Å²) in [6, 6.07) is 83.9. The maximum Gasteiger partial charge on any atom is 0.0734 e. The minimum Gasteiger partial charge on any atom is -0.310 e. The molecule has 3 aliphatic carbocycles. The molecule has 0 radical (unpaired) electrons. The van der Waals surface area contributed by atoms with Gasteiger partial charge in [-0.2, -0.15) is 0 Å². The fourth-order valence-electron chi connectivity index (χ4n) is 11.9. The second-order valence-electron chi connectivity index (χ2n) is 17.4. The number of fused-ring (bicyclic) bond motifs is 9. The molecule has 9 aromatic carbocycles. The molecule has 3 aliphatic rings. The van der Waals surface area contributed by atoms with Crippen molar-refractivity contribution in [1.29, 1.82) is 0 Å². The van der Waals surface area contributed by atoms with Gasteiger partial charge in [-0.25, -0.2) is 0 Å². The van der Waals surface area contributed by atoms with Crippen LogP contribution in [0.2, 0.25) is 0 Å². The number of hydrogen-bond acceptors (Lipinski definition) is 2. The summed E-state index contributed by atoms with van der Waals surface area (Å²) in [4.78, 5) is 2.58. The van der Waals surface area contributed by atoms with Gasteiger partial charge in [0, 0.05) is 37.1 Å². The summed E-state index contributed by atoms with van der Waals surface area (Å²) in [7, 11) is 0. The SMILES string of the molecule is C1=CC(C2(c3ccccc3)c3ccccc3-c3ccccc32)CC=C1N(c1ccc2sc3ccccc3c2c1)c1cccc2c1C(c1ccccc1)(c1ccccc1)c1ccccc1-2. The first-order valence-corrected chi connectivity index (χ1v) is 23.3. The highest BCUT2D eigenvalue weighted by Gasteiger charge is 2.51. The standard InChI is InChI=1S/C62H43NS/c1-4-19-42(20-5-1)61(54-30-14-10-25-48(54)49-26-11-15-31-55(49)61)45-35-37-46(38-36-45)63(47-39-40-59-53(41-47)51-28-13-17-34-58(51)64-59)57-33-18-29-52-50-27-12-16-32-56(50)62(60(52)57,43-21-6-2-7-22-43)44-23-8-3-9-24-44/h1-35,37-41,45H,36H2. The fourth-order valence-corrected chi connectivity index (χ4v) is 13.0. The van der Waals surface area contributed by atoms with E-state index in [1.54, 1.807) is 0 Å². The van der Waals surface area contributed by atoms with Crippen LogP contribution in [0.15, 0.2) is 248 Å². The highest BCUT2D eigenvalue weighted by atomic mass is 32.1. The minimum atomic E-state index is -0.571. The zero-order valence-electron chi connectivity index (χ0n) is 35.2. The van der Waals surface area contributed by atoms with Gasteiger partial charge in [0.25, 0.3) is 0 Å². The van der Waals surface area contributed by atoms with Crippen LogP contribution in [-0.4, -0.2) is 0 Å². The van der Waals surface area contributed by atoms with Crippen molar-refractivity contribution in [3.05, 3.63) is 287 Å². The Morgan fingerprint density at radius 3 is 1.61 bits per heavy atom. The molecule has 2 heteroatoms. The fraction of sp³-hybridized carbons (Fsp3) is 0.0645.